The van der Waals surface area contributed by atoms with Crippen LogP contribution in [0.25, 0.3) is 0 Å². The number of amides is 1. The molecular weight excluding hydrogens is 294 g/mol. The third-order valence-corrected chi connectivity index (χ3v) is 3.01. The first-order valence-electron chi connectivity index (χ1n) is 6.08. The largest absolute Gasteiger partial charge is 0.465 e. The zero-order valence-corrected chi connectivity index (χ0v) is 13.1. The van der Waals surface area contributed by atoms with Crippen LogP contribution >= 0.6 is 11.3 Å². The first kappa shape index (κ1) is 17.0. The number of ether oxygens (including phenoxy) is 2. The lowest BCUT2D eigenvalue weighted by molar-refractivity contribution is 0.0602. The first-order valence-corrected chi connectivity index (χ1v) is 6.90. The number of rotatable bonds is 2. The summed E-state index contributed by atoms with van der Waals surface area (Å²) in [5.74, 6) is 4.56. The van der Waals surface area contributed by atoms with Gasteiger partial charge in [-0.05, 0) is 26.8 Å². The zero-order chi connectivity index (χ0) is 16.0. The summed E-state index contributed by atoms with van der Waals surface area (Å²) in [6.07, 6.45) is -0.670. The second kappa shape index (κ2) is 7.11. The van der Waals surface area contributed by atoms with E-state index >= 15 is 0 Å². The minimum absolute atomic E-state index is 0.190. The minimum Gasteiger partial charge on any atom is -0.465 e. The fourth-order valence-corrected chi connectivity index (χ4v) is 2.24. The maximum absolute atomic E-state index is 11.8. The molecule has 1 heterocycles. The molecule has 0 saturated carbocycles. The number of thiophene rings is 1. The Morgan fingerprint density at radius 1 is 1.43 bits per heavy atom. The van der Waals surface area contributed by atoms with E-state index in [1.54, 1.807) is 20.8 Å². The lowest BCUT2D eigenvalue weighted by atomic mass is 10.2. The monoisotopic (exact) mass is 311 g/mol. The van der Waals surface area contributed by atoms with Gasteiger partial charge in [0.25, 0.3) is 0 Å². The Balaban J connectivity index is 3.01. The molecule has 0 aliphatic heterocycles. The Labute approximate surface area is 127 Å². The predicted octanol–water partition coefficient (Wildman–Crippen LogP) is 2.23. The van der Waals surface area contributed by atoms with Gasteiger partial charge in [-0.3, -0.25) is 5.32 Å². The number of hydrogen-bond acceptors (Lipinski definition) is 6. The lowest BCUT2D eigenvalue weighted by Crippen LogP contribution is -2.27. The van der Waals surface area contributed by atoms with Crippen molar-refractivity contribution in [1.29, 1.82) is 0 Å². The van der Waals surface area contributed by atoms with Gasteiger partial charge in [-0.2, -0.15) is 0 Å². The van der Waals surface area contributed by atoms with E-state index in [9.17, 15) is 9.59 Å². The summed E-state index contributed by atoms with van der Waals surface area (Å²) in [5.41, 5.74) is -0.456. The van der Waals surface area contributed by atoms with Gasteiger partial charge in [0.1, 0.15) is 17.2 Å². The zero-order valence-electron chi connectivity index (χ0n) is 12.3. The fraction of sp³-hybridized carbons (Fsp3) is 0.429. The summed E-state index contributed by atoms with van der Waals surface area (Å²) >= 11 is 1.10. The lowest BCUT2D eigenvalue weighted by Gasteiger charge is -2.19. The Morgan fingerprint density at radius 2 is 2.10 bits per heavy atom. The van der Waals surface area contributed by atoms with Gasteiger partial charge in [-0.15, -0.1) is 11.3 Å². The van der Waals surface area contributed by atoms with E-state index in [1.807, 2.05) is 0 Å². The predicted molar refractivity (Wildman–Crippen MR) is 79.5 cm³/mol. The van der Waals surface area contributed by atoms with Crippen molar-refractivity contribution in [3.8, 4) is 11.8 Å². The molecule has 1 rings (SSSR count). The molecule has 0 aliphatic rings. The maximum atomic E-state index is 11.8. The van der Waals surface area contributed by atoms with Crippen molar-refractivity contribution in [2.24, 2.45) is 0 Å². The molecule has 0 atom stereocenters. The number of anilines is 1. The van der Waals surface area contributed by atoms with Gasteiger partial charge in [-0.1, -0.05) is 11.8 Å². The van der Waals surface area contributed by atoms with Crippen molar-refractivity contribution < 1.29 is 24.2 Å². The fourth-order valence-electron chi connectivity index (χ4n) is 1.33. The SMILES string of the molecule is COC(=O)c1cc(C#CCO)sc1NC(=O)OC(C)(C)C. The average molecular weight is 311 g/mol. The van der Waals surface area contributed by atoms with E-state index in [-0.39, 0.29) is 12.2 Å². The highest BCUT2D eigenvalue weighted by Gasteiger charge is 2.21. The molecule has 0 aliphatic carbocycles. The van der Waals surface area contributed by atoms with Gasteiger partial charge in [-0.25, -0.2) is 9.59 Å². The topological polar surface area (TPSA) is 84.9 Å². The number of aliphatic hydroxyl groups excluding tert-OH is 1. The Bertz CT molecular complexity index is 589. The van der Waals surface area contributed by atoms with Crippen LogP contribution in [0, 0.1) is 11.8 Å². The second-order valence-corrected chi connectivity index (χ2v) is 5.98. The molecular formula is C14H17NO5S. The Hall–Kier alpha value is -2.04. The normalized spacial score (nSPS) is 10.3. The molecule has 0 radical (unpaired) electrons. The van der Waals surface area contributed by atoms with Crippen LogP contribution in [0.3, 0.4) is 0 Å². The van der Waals surface area contributed by atoms with Crippen LogP contribution in [0.2, 0.25) is 0 Å². The molecule has 2 N–H and O–H groups in total. The molecule has 1 amide bonds. The molecule has 0 unspecified atom stereocenters. The van der Waals surface area contributed by atoms with Crippen LogP contribution in [0.15, 0.2) is 6.07 Å². The summed E-state index contributed by atoms with van der Waals surface area (Å²) in [6, 6.07) is 1.49. The van der Waals surface area contributed by atoms with Crippen molar-refractivity contribution in [2.45, 2.75) is 26.4 Å². The molecule has 21 heavy (non-hydrogen) atoms. The van der Waals surface area contributed by atoms with Crippen LogP contribution in [-0.2, 0) is 9.47 Å². The van der Waals surface area contributed by atoms with Gasteiger partial charge in [0, 0.05) is 0 Å². The molecule has 114 valence electrons. The Morgan fingerprint density at radius 3 is 2.62 bits per heavy atom. The number of carbonyl (C=O) groups excluding carboxylic acids is 2. The van der Waals surface area contributed by atoms with E-state index < -0.39 is 17.7 Å². The Kier molecular flexibility index (Phi) is 5.76. The highest BCUT2D eigenvalue weighted by atomic mass is 32.1. The molecule has 0 fully saturated rings. The summed E-state index contributed by atoms with van der Waals surface area (Å²) in [5, 5.41) is 11.5. The van der Waals surface area contributed by atoms with Crippen molar-refractivity contribution in [3.63, 3.8) is 0 Å². The van der Waals surface area contributed by atoms with Crippen LogP contribution in [-0.4, -0.2) is 36.5 Å². The number of methoxy groups -OCH3 is 1. The number of carbonyl (C=O) groups is 2. The van der Waals surface area contributed by atoms with Gasteiger partial charge >= 0.3 is 12.1 Å². The summed E-state index contributed by atoms with van der Waals surface area (Å²) in [4.78, 5) is 24.0. The molecule has 1 aromatic heterocycles. The van der Waals surface area contributed by atoms with Crippen LogP contribution < -0.4 is 5.32 Å². The smallest absolute Gasteiger partial charge is 0.412 e. The standard InChI is InChI=1S/C14H17NO5S/c1-14(2,3)20-13(18)15-11-10(12(17)19-4)8-9(21-11)6-5-7-16/h8,16H,7H2,1-4H3,(H,15,18). The molecule has 1 aromatic rings. The quantitative estimate of drug-likeness (QED) is 0.646. The minimum atomic E-state index is -0.670. The van der Waals surface area contributed by atoms with E-state index in [4.69, 9.17) is 9.84 Å². The van der Waals surface area contributed by atoms with Crippen molar-refractivity contribution >= 4 is 28.4 Å². The molecule has 7 heteroatoms. The number of esters is 1. The van der Waals surface area contributed by atoms with E-state index in [0.29, 0.717) is 9.88 Å². The first-order chi connectivity index (χ1) is 9.76. The number of nitrogens with one attached hydrogen (secondary N) is 1. The summed E-state index contributed by atoms with van der Waals surface area (Å²) in [6.45, 7) is 4.92. The van der Waals surface area contributed by atoms with Crippen LogP contribution in [0.5, 0.6) is 0 Å². The van der Waals surface area contributed by atoms with E-state index in [0.717, 1.165) is 11.3 Å². The molecule has 0 spiro atoms. The summed E-state index contributed by atoms with van der Waals surface area (Å²) in [7, 11) is 1.25. The number of aliphatic hydroxyl groups is 1. The van der Waals surface area contributed by atoms with Gasteiger partial charge in [0.05, 0.1) is 17.6 Å². The summed E-state index contributed by atoms with van der Waals surface area (Å²) < 4.78 is 9.78. The van der Waals surface area contributed by atoms with Gasteiger partial charge < -0.3 is 14.6 Å². The van der Waals surface area contributed by atoms with Gasteiger partial charge in [0.2, 0.25) is 0 Å². The molecule has 0 aromatic carbocycles. The van der Waals surface area contributed by atoms with Crippen LogP contribution in [0.1, 0.15) is 36.0 Å². The van der Waals surface area contributed by atoms with Crippen molar-refractivity contribution in [1.82, 2.24) is 0 Å². The molecule has 0 saturated heterocycles. The average Bonchev–Trinajstić information content (AvgIpc) is 2.76. The second-order valence-electron chi connectivity index (χ2n) is 4.93. The number of hydrogen-bond donors (Lipinski definition) is 2. The molecule has 0 bridgehead atoms. The van der Waals surface area contributed by atoms with E-state index in [2.05, 4.69) is 21.9 Å². The van der Waals surface area contributed by atoms with Gasteiger partial charge in [0.15, 0.2) is 0 Å². The van der Waals surface area contributed by atoms with E-state index in [1.165, 1.54) is 13.2 Å². The highest BCUT2D eigenvalue weighted by molar-refractivity contribution is 7.17. The molecule has 6 nitrogen and oxygen atoms in total. The maximum Gasteiger partial charge on any atom is 0.412 e. The van der Waals surface area contributed by atoms with Crippen LogP contribution in [0.4, 0.5) is 9.80 Å². The third-order valence-electron chi connectivity index (χ3n) is 2.04. The third kappa shape index (κ3) is 5.45. The highest BCUT2D eigenvalue weighted by Crippen LogP contribution is 2.28. The van der Waals surface area contributed by atoms with Crippen molar-refractivity contribution in [3.05, 3.63) is 16.5 Å². The van der Waals surface area contributed by atoms with Crippen molar-refractivity contribution in [2.75, 3.05) is 19.0 Å².